The Bertz CT molecular complexity index is 516. The summed E-state index contributed by atoms with van der Waals surface area (Å²) in [5.74, 6) is 0.328. The molecule has 0 bridgehead atoms. The number of nitrogens with zero attached hydrogens (tertiary/aromatic N) is 3. The van der Waals surface area contributed by atoms with E-state index in [1.807, 2.05) is 30.5 Å². The van der Waals surface area contributed by atoms with Crippen molar-refractivity contribution < 1.29 is 4.79 Å². The number of rotatable bonds is 3. The number of aromatic nitrogens is 3. The molecule has 82 valence electrons. The maximum Gasteiger partial charge on any atom is 0.246 e. The van der Waals surface area contributed by atoms with Crippen LogP contribution >= 0.6 is 0 Å². The van der Waals surface area contributed by atoms with Crippen molar-refractivity contribution in [2.24, 2.45) is 0 Å². The van der Waals surface area contributed by atoms with Crippen LogP contribution in [-0.2, 0) is 6.54 Å². The number of carbonyl (C=O) groups excluding carboxylic acids is 1. The molecule has 0 aliphatic heterocycles. The van der Waals surface area contributed by atoms with Crippen LogP contribution in [0.25, 0.3) is 0 Å². The molecule has 0 aromatic carbocycles. The fourth-order valence-corrected chi connectivity index (χ4v) is 1.60. The largest absolute Gasteiger partial charge is 0.328 e. The Hall–Kier alpha value is -1.97. The summed E-state index contributed by atoms with van der Waals surface area (Å²) in [6.07, 6.45) is 5.06. The molecule has 0 amide bonds. The molecule has 0 fully saturated rings. The van der Waals surface area contributed by atoms with Gasteiger partial charge in [0.25, 0.3) is 0 Å². The number of hydrogen-bond donors (Lipinski definition) is 0. The monoisotopic (exact) mass is 215 g/mol. The Morgan fingerprint density at radius 1 is 1.38 bits per heavy atom. The molecule has 0 aliphatic carbocycles. The molecule has 0 N–H and O–H groups in total. The first kappa shape index (κ1) is 10.5. The Labute approximate surface area is 94.0 Å². The van der Waals surface area contributed by atoms with Crippen LogP contribution in [0.5, 0.6) is 0 Å². The molecular weight excluding hydrogens is 202 g/mol. The van der Waals surface area contributed by atoms with Gasteiger partial charge in [0, 0.05) is 25.1 Å². The van der Waals surface area contributed by atoms with Crippen LogP contribution < -0.4 is 0 Å². The number of ketones is 1. The molecule has 4 heteroatoms. The van der Waals surface area contributed by atoms with Gasteiger partial charge in [0.1, 0.15) is 5.69 Å². The predicted octanol–water partition coefficient (Wildman–Crippen LogP) is 1.84. The highest BCUT2D eigenvalue weighted by Gasteiger charge is 2.17. The Morgan fingerprint density at radius 3 is 2.88 bits per heavy atom. The number of pyridine rings is 1. The average Bonchev–Trinajstić information content (AvgIpc) is 2.77. The van der Waals surface area contributed by atoms with Crippen LogP contribution in [0.4, 0.5) is 0 Å². The molecule has 0 radical (unpaired) electrons. The summed E-state index contributed by atoms with van der Waals surface area (Å²) < 4.78 is 1.82. The minimum Gasteiger partial charge on any atom is -0.328 e. The van der Waals surface area contributed by atoms with Gasteiger partial charge in [0.2, 0.25) is 5.78 Å². The highest BCUT2D eigenvalue weighted by Crippen LogP contribution is 2.10. The summed E-state index contributed by atoms with van der Waals surface area (Å²) in [5.41, 5.74) is 1.35. The normalized spacial score (nSPS) is 10.4. The second-order valence-corrected chi connectivity index (χ2v) is 3.53. The molecule has 2 rings (SSSR count). The number of imidazole rings is 1. The van der Waals surface area contributed by atoms with E-state index in [2.05, 4.69) is 9.97 Å². The molecule has 0 unspecified atom stereocenters. The van der Waals surface area contributed by atoms with E-state index in [0.29, 0.717) is 11.5 Å². The number of aryl methyl sites for hydroxylation is 2. The van der Waals surface area contributed by atoms with Crippen molar-refractivity contribution in [2.75, 3.05) is 0 Å². The zero-order valence-electron chi connectivity index (χ0n) is 9.34. The van der Waals surface area contributed by atoms with Gasteiger partial charge in [-0.2, -0.15) is 0 Å². The first-order valence-corrected chi connectivity index (χ1v) is 5.21. The second-order valence-electron chi connectivity index (χ2n) is 3.53. The van der Waals surface area contributed by atoms with E-state index >= 15 is 0 Å². The van der Waals surface area contributed by atoms with Crippen LogP contribution in [-0.4, -0.2) is 20.3 Å². The molecule has 0 spiro atoms. The molecule has 0 aliphatic rings. The lowest BCUT2D eigenvalue weighted by Gasteiger charge is -2.04. The van der Waals surface area contributed by atoms with Gasteiger partial charge in [-0.05, 0) is 25.5 Å². The minimum absolute atomic E-state index is 0.120. The van der Waals surface area contributed by atoms with E-state index in [0.717, 1.165) is 12.1 Å². The van der Waals surface area contributed by atoms with Crippen molar-refractivity contribution in [1.29, 1.82) is 0 Å². The zero-order valence-corrected chi connectivity index (χ0v) is 9.34. The van der Waals surface area contributed by atoms with Crippen molar-refractivity contribution in [2.45, 2.75) is 20.4 Å². The molecule has 0 saturated carbocycles. The van der Waals surface area contributed by atoms with Crippen LogP contribution in [0.3, 0.4) is 0 Å². The number of hydrogen-bond acceptors (Lipinski definition) is 3. The molecule has 2 heterocycles. The third-order valence-electron chi connectivity index (χ3n) is 2.48. The van der Waals surface area contributed by atoms with Gasteiger partial charge in [-0.3, -0.25) is 9.78 Å². The van der Waals surface area contributed by atoms with Gasteiger partial charge in [-0.25, -0.2) is 4.98 Å². The Kier molecular flexibility index (Phi) is 2.81. The minimum atomic E-state index is -0.120. The molecule has 2 aromatic rings. The van der Waals surface area contributed by atoms with Crippen LogP contribution in [0, 0.1) is 6.92 Å². The molecule has 0 saturated heterocycles. The Balaban J connectivity index is 2.44. The van der Waals surface area contributed by atoms with Gasteiger partial charge < -0.3 is 4.57 Å². The van der Waals surface area contributed by atoms with Gasteiger partial charge in [0.05, 0.1) is 0 Å². The second kappa shape index (κ2) is 4.26. The van der Waals surface area contributed by atoms with Gasteiger partial charge in [0.15, 0.2) is 5.82 Å². The highest BCUT2D eigenvalue weighted by atomic mass is 16.1. The van der Waals surface area contributed by atoms with Crippen LogP contribution in [0.15, 0.2) is 30.7 Å². The third-order valence-corrected chi connectivity index (χ3v) is 2.48. The predicted molar refractivity (Wildman–Crippen MR) is 60.3 cm³/mol. The lowest BCUT2D eigenvalue weighted by atomic mass is 10.1. The smallest absolute Gasteiger partial charge is 0.246 e. The third kappa shape index (κ3) is 1.74. The quantitative estimate of drug-likeness (QED) is 0.734. The summed E-state index contributed by atoms with van der Waals surface area (Å²) in [6, 6.07) is 3.69. The summed E-state index contributed by atoms with van der Waals surface area (Å²) in [4.78, 5) is 20.3. The molecule has 2 aromatic heterocycles. The standard InChI is InChI=1S/C12H13N3O/c1-3-15-8-7-14-12(15)11(16)10-9(2)5-4-6-13-10/h4-8H,3H2,1-2H3. The van der Waals surface area contributed by atoms with E-state index in [1.165, 1.54) is 0 Å². The van der Waals surface area contributed by atoms with Crippen molar-refractivity contribution in [1.82, 2.24) is 14.5 Å². The lowest BCUT2D eigenvalue weighted by molar-refractivity contribution is 0.102. The highest BCUT2D eigenvalue weighted by molar-refractivity contribution is 6.06. The van der Waals surface area contributed by atoms with Crippen LogP contribution in [0.2, 0.25) is 0 Å². The van der Waals surface area contributed by atoms with Crippen molar-refractivity contribution in [3.05, 3.63) is 47.8 Å². The topological polar surface area (TPSA) is 47.8 Å². The summed E-state index contributed by atoms with van der Waals surface area (Å²) >= 11 is 0. The molecule has 0 atom stereocenters. The fraction of sp³-hybridized carbons (Fsp3) is 0.250. The molecule has 4 nitrogen and oxygen atoms in total. The van der Waals surface area contributed by atoms with Gasteiger partial charge >= 0.3 is 0 Å². The zero-order chi connectivity index (χ0) is 11.5. The Morgan fingerprint density at radius 2 is 2.19 bits per heavy atom. The molecule has 16 heavy (non-hydrogen) atoms. The van der Waals surface area contributed by atoms with E-state index in [9.17, 15) is 4.79 Å². The van der Waals surface area contributed by atoms with Crippen molar-refractivity contribution >= 4 is 5.78 Å². The van der Waals surface area contributed by atoms with Crippen molar-refractivity contribution in [3.63, 3.8) is 0 Å². The number of carbonyl (C=O) groups is 1. The molecular formula is C12H13N3O. The maximum absolute atomic E-state index is 12.2. The van der Waals surface area contributed by atoms with Gasteiger partial charge in [-0.1, -0.05) is 6.07 Å². The fourth-order valence-electron chi connectivity index (χ4n) is 1.60. The average molecular weight is 215 g/mol. The van der Waals surface area contributed by atoms with Gasteiger partial charge in [-0.15, -0.1) is 0 Å². The van der Waals surface area contributed by atoms with E-state index in [1.54, 1.807) is 18.6 Å². The van der Waals surface area contributed by atoms with Crippen molar-refractivity contribution in [3.8, 4) is 0 Å². The van der Waals surface area contributed by atoms with E-state index in [4.69, 9.17) is 0 Å². The van der Waals surface area contributed by atoms with E-state index in [-0.39, 0.29) is 5.78 Å². The SMILES string of the molecule is CCn1ccnc1C(=O)c1ncccc1C. The van der Waals surface area contributed by atoms with E-state index < -0.39 is 0 Å². The first-order chi connectivity index (χ1) is 7.74. The first-order valence-electron chi connectivity index (χ1n) is 5.21. The van der Waals surface area contributed by atoms with Crippen LogP contribution in [0.1, 0.15) is 28.8 Å². The maximum atomic E-state index is 12.2. The summed E-state index contributed by atoms with van der Waals surface area (Å²) in [5, 5.41) is 0. The summed E-state index contributed by atoms with van der Waals surface area (Å²) in [6.45, 7) is 4.58. The summed E-state index contributed by atoms with van der Waals surface area (Å²) in [7, 11) is 0. The lowest BCUT2D eigenvalue weighted by Crippen LogP contribution is -2.13.